The van der Waals surface area contributed by atoms with E-state index in [-0.39, 0.29) is 11.8 Å². The molecule has 3 rings (SSSR count). The summed E-state index contributed by atoms with van der Waals surface area (Å²) in [5.74, 6) is 0.442. The molecule has 0 fully saturated rings. The molecule has 120 valence electrons. The molecule has 0 saturated carbocycles. The molecule has 0 unspecified atom stereocenters. The van der Waals surface area contributed by atoms with E-state index in [4.69, 9.17) is 9.47 Å². The van der Waals surface area contributed by atoms with E-state index in [0.29, 0.717) is 12.8 Å². The van der Waals surface area contributed by atoms with Crippen LogP contribution in [0, 0.1) is 5.92 Å². The van der Waals surface area contributed by atoms with Gasteiger partial charge in [0.05, 0.1) is 20.1 Å². The molecule has 0 radical (unpaired) electrons. The molecule has 0 bridgehead atoms. The highest BCUT2D eigenvalue weighted by molar-refractivity contribution is 5.74. The fraction of sp³-hybridized carbons (Fsp3) is 0.316. The van der Waals surface area contributed by atoms with Crippen LogP contribution in [-0.2, 0) is 17.6 Å². The summed E-state index contributed by atoms with van der Waals surface area (Å²) in [5.41, 5.74) is 3.31. The maximum Gasteiger partial charge on any atom is 0.307 e. The SMILES string of the molecule is COc1ccc(C[C@H]2c3ccc(OC)cc3C[C@@H]2C(=O)O)cc1. The second kappa shape index (κ2) is 6.32. The highest BCUT2D eigenvalue weighted by Gasteiger charge is 2.37. The van der Waals surface area contributed by atoms with Gasteiger partial charge < -0.3 is 14.6 Å². The quantitative estimate of drug-likeness (QED) is 0.920. The average molecular weight is 312 g/mol. The summed E-state index contributed by atoms with van der Waals surface area (Å²) < 4.78 is 10.4. The average Bonchev–Trinajstić information content (AvgIpc) is 2.93. The molecule has 1 aliphatic rings. The summed E-state index contributed by atoms with van der Waals surface area (Å²) in [4.78, 5) is 11.7. The summed E-state index contributed by atoms with van der Waals surface area (Å²) in [6, 6.07) is 13.7. The van der Waals surface area contributed by atoms with Crippen molar-refractivity contribution < 1.29 is 19.4 Å². The predicted molar refractivity (Wildman–Crippen MR) is 87.3 cm³/mol. The highest BCUT2D eigenvalue weighted by Crippen LogP contribution is 2.41. The standard InChI is InChI=1S/C19H20O4/c1-22-14-5-3-12(4-6-14)9-17-16-8-7-15(23-2)10-13(16)11-18(17)19(20)21/h3-8,10,17-18H,9,11H2,1-2H3,(H,20,21)/t17-,18-/m0/s1. The minimum absolute atomic E-state index is 0.0122. The first kappa shape index (κ1) is 15.4. The largest absolute Gasteiger partial charge is 0.497 e. The van der Waals surface area contributed by atoms with Crippen molar-refractivity contribution in [3.05, 3.63) is 59.2 Å². The number of aliphatic carboxylic acids is 1. The van der Waals surface area contributed by atoms with Crippen LogP contribution in [0.2, 0.25) is 0 Å². The van der Waals surface area contributed by atoms with Gasteiger partial charge in [0.2, 0.25) is 0 Å². The fourth-order valence-electron chi connectivity index (χ4n) is 3.37. The van der Waals surface area contributed by atoms with Gasteiger partial charge in [-0.2, -0.15) is 0 Å². The molecule has 2 atom stereocenters. The van der Waals surface area contributed by atoms with E-state index in [1.807, 2.05) is 42.5 Å². The zero-order valence-corrected chi connectivity index (χ0v) is 13.3. The number of hydrogen-bond donors (Lipinski definition) is 1. The third-order valence-corrected chi connectivity index (χ3v) is 4.61. The number of benzene rings is 2. The van der Waals surface area contributed by atoms with Crippen LogP contribution in [0.4, 0.5) is 0 Å². The first-order valence-electron chi connectivity index (χ1n) is 7.65. The first-order valence-corrected chi connectivity index (χ1v) is 7.65. The van der Waals surface area contributed by atoms with Gasteiger partial charge in [-0.3, -0.25) is 4.79 Å². The molecule has 1 N–H and O–H groups in total. The third kappa shape index (κ3) is 3.02. The van der Waals surface area contributed by atoms with Crippen molar-refractivity contribution in [3.63, 3.8) is 0 Å². The molecule has 2 aromatic rings. The van der Waals surface area contributed by atoms with Crippen LogP contribution in [0.25, 0.3) is 0 Å². The van der Waals surface area contributed by atoms with Crippen LogP contribution in [0.15, 0.2) is 42.5 Å². The monoisotopic (exact) mass is 312 g/mol. The van der Waals surface area contributed by atoms with Gasteiger partial charge in [-0.15, -0.1) is 0 Å². The Bertz CT molecular complexity index is 706. The number of methoxy groups -OCH3 is 2. The van der Waals surface area contributed by atoms with Gasteiger partial charge in [0.25, 0.3) is 0 Å². The Hall–Kier alpha value is -2.49. The van der Waals surface area contributed by atoms with Gasteiger partial charge in [-0.05, 0) is 53.8 Å². The van der Waals surface area contributed by atoms with E-state index in [0.717, 1.165) is 28.2 Å². The lowest BCUT2D eigenvalue weighted by Gasteiger charge is -2.17. The molecule has 0 spiro atoms. The molecule has 0 heterocycles. The van der Waals surface area contributed by atoms with Crippen LogP contribution >= 0.6 is 0 Å². The summed E-state index contributed by atoms with van der Waals surface area (Å²) in [6.07, 6.45) is 1.27. The number of fused-ring (bicyclic) bond motifs is 1. The lowest BCUT2D eigenvalue weighted by atomic mass is 9.87. The Morgan fingerprint density at radius 1 is 1.09 bits per heavy atom. The van der Waals surface area contributed by atoms with E-state index in [1.165, 1.54) is 0 Å². The maximum atomic E-state index is 11.7. The Morgan fingerprint density at radius 2 is 1.74 bits per heavy atom. The van der Waals surface area contributed by atoms with Crippen molar-refractivity contribution in [2.24, 2.45) is 5.92 Å². The van der Waals surface area contributed by atoms with Crippen molar-refractivity contribution in [1.29, 1.82) is 0 Å². The minimum atomic E-state index is -0.737. The van der Waals surface area contributed by atoms with Crippen molar-refractivity contribution in [2.75, 3.05) is 14.2 Å². The highest BCUT2D eigenvalue weighted by atomic mass is 16.5. The molecular weight excluding hydrogens is 292 g/mol. The third-order valence-electron chi connectivity index (χ3n) is 4.61. The normalized spacial score (nSPS) is 19.2. The van der Waals surface area contributed by atoms with E-state index in [9.17, 15) is 9.90 Å². The number of rotatable bonds is 5. The molecule has 4 nitrogen and oxygen atoms in total. The summed E-state index contributed by atoms with van der Waals surface area (Å²) in [5, 5.41) is 9.59. The molecule has 0 aromatic heterocycles. The predicted octanol–water partition coefficient (Wildman–Crippen LogP) is 3.29. The molecule has 0 aliphatic heterocycles. The van der Waals surface area contributed by atoms with Gasteiger partial charge in [0.15, 0.2) is 0 Å². The van der Waals surface area contributed by atoms with Crippen molar-refractivity contribution >= 4 is 5.97 Å². The summed E-state index contributed by atoms with van der Waals surface area (Å²) in [7, 11) is 3.26. The molecule has 4 heteroatoms. The summed E-state index contributed by atoms with van der Waals surface area (Å²) >= 11 is 0. The minimum Gasteiger partial charge on any atom is -0.497 e. The summed E-state index contributed by atoms with van der Waals surface area (Å²) in [6.45, 7) is 0. The molecule has 0 amide bonds. The van der Waals surface area contributed by atoms with Gasteiger partial charge in [-0.25, -0.2) is 0 Å². The van der Waals surface area contributed by atoms with Gasteiger partial charge >= 0.3 is 5.97 Å². The van der Waals surface area contributed by atoms with E-state index >= 15 is 0 Å². The molecule has 23 heavy (non-hydrogen) atoms. The smallest absolute Gasteiger partial charge is 0.307 e. The number of carboxylic acids is 1. The van der Waals surface area contributed by atoms with Gasteiger partial charge in [0.1, 0.15) is 11.5 Å². The van der Waals surface area contributed by atoms with Gasteiger partial charge in [-0.1, -0.05) is 18.2 Å². The van der Waals surface area contributed by atoms with E-state index in [2.05, 4.69) is 0 Å². The van der Waals surface area contributed by atoms with Gasteiger partial charge in [0, 0.05) is 5.92 Å². The Labute approximate surface area is 135 Å². The van der Waals surface area contributed by atoms with E-state index in [1.54, 1.807) is 14.2 Å². The Kier molecular flexibility index (Phi) is 4.24. The van der Waals surface area contributed by atoms with Crippen molar-refractivity contribution in [1.82, 2.24) is 0 Å². The first-order chi connectivity index (χ1) is 11.1. The van der Waals surface area contributed by atoms with Crippen LogP contribution in [0.3, 0.4) is 0 Å². The zero-order chi connectivity index (χ0) is 16.4. The number of hydrogen-bond acceptors (Lipinski definition) is 3. The fourth-order valence-corrected chi connectivity index (χ4v) is 3.37. The molecule has 2 aromatic carbocycles. The maximum absolute atomic E-state index is 11.7. The number of carbonyl (C=O) groups is 1. The topological polar surface area (TPSA) is 55.8 Å². The second-order valence-electron chi connectivity index (χ2n) is 5.87. The molecular formula is C19H20O4. The lowest BCUT2D eigenvalue weighted by Crippen LogP contribution is -2.20. The van der Waals surface area contributed by atoms with Crippen LogP contribution in [0.1, 0.15) is 22.6 Å². The number of carboxylic acid groups (broad SMARTS) is 1. The number of ether oxygens (including phenoxy) is 2. The molecule has 0 saturated heterocycles. The molecule has 1 aliphatic carbocycles. The Morgan fingerprint density at radius 3 is 2.35 bits per heavy atom. The lowest BCUT2D eigenvalue weighted by molar-refractivity contribution is -0.142. The van der Waals surface area contributed by atoms with Crippen LogP contribution in [0.5, 0.6) is 11.5 Å². The zero-order valence-electron chi connectivity index (χ0n) is 13.3. The Balaban J connectivity index is 1.90. The van der Waals surface area contributed by atoms with Crippen LogP contribution < -0.4 is 9.47 Å². The second-order valence-corrected chi connectivity index (χ2v) is 5.87. The van der Waals surface area contributed by atoms with Crippen molar-refractivity contribution in [2.45, 2.75) is 18.8 Å². The van der Waals surface area contributed by atoms with Crippen molar-refractivity contribution in [3.8, 4) is 11.5 Å². The van der Waals surface area contributed by atoms with E-state index < -0.39 is 5.97 Å². The van der Waals surface area contributed by atoms with Crippen LogP contribution in [-0.4, -0.2) is 25.3 Å².